The normalized spacial score (nSPS) is 29.3. The van der Waals surface area contributed by atoms with Gasteiger partial charge in [-0.2, -0.15) is 4.28 Å². The van der Waals surface area contributed by atoms with Crippen molar-refractivity contribution in [3.05, 3.63) is 0 Å². The Morgan fingerprint density at radius 3 is 2.86 bits per heavy atom. The topological polar surface area (TPSA) is 50.7 Å². The second-order valence-corrected chi connectivity index (χ2v) is 1.86. The molecule has 0 radical (unpaired) electrons. The van der Waals surface area contributed by atoms with Crippen LogP contribution in [0.15, 0.2) is 4.40 Å². The summed E-state index contributed by atoms with van der Waals surface area (Å²) in [6.07, 6.45) is 0. The van der Waals surface area contributed by atoms with Crippen molar-refractivity contribution in [2.75, 3.05) is 0 Å². The maximum absolute atomic E-state index is 10.1. The van der Waals surface area contributed by atoms with Crippen LogP contribution >= 0.6 is 0 Å². The number of amidine groups is 1. The summed E-state index contributed by atoms with van der Waals surface area (Å²) in [5.74, 6) is 0.554. The summed E-state index contributed by atoms with van der Waals surface area (Å²) in [4.78, 5) is 0. The maximum Gasteiger partial charge on any atom is 0.309 e. The molecular weight excluding hydrogens is 116 g/mol. The highest BCUT2D eigenvalue weighted by Crippen LogP contribution is 1.91. The van der Waals surface area contributed by atoms with Gasteiger partial charge < -0.3 is 0 Å². The quantitative estimate of drug-likeness (QED) is 0.469. The summed E-state index contributed by atoms with van der Waals surface area (Å²) < 4.78 is 17.8. The zero-order valence-electron chi connectivity index (χ0n) is 3.67. The number of hydrogen-bond acceptors (Lipinski definition) is 3. The Bertz CT molecular complexity index is 132. The summed E-state index contributed by atoms with van der Waals surface area (Å²) >= 11 is -1.48. The molecule has 5 heteroatoms. The zero-order chi connectivity index (χ0) is 5.28. The molecule has 1 heterocycles. The van der Waals surface area contributed by atoms with Gasteiger partial charge in [-0.15, -0.1) is 4.40 Å². The van der Waals surface area contributed by atoms with Crippen molar-refractivity contribution in [3.63, 3.8) is 0 Å². The molecule has 0 aliphatic carbocycles. The van der Waals surface area contributed by atoms with E-state index < -0.39 is 11.3 Å². The standard InChI is InChI=1S/C2H4N2O2S/c1-2-3-6-7(5)4-2/h1H3,(H,3,4). The van der Waals surface area contributed by atoms with Crippen LogP contribution in [0.5, 0.6) is 0 Å². The minimum atomic E-state index is -1.48. The molecule has 7 heavy (non-hydrogen) atoms. The molecular formula is C2H4N2O2S. The monoisotopic (exact) mass is 120 g/mol. The molecule has 1 aliphatic heterocycles. The first-order chi connectivity index (χ1) is 3.29. The van der Waals surface area contributed by atoms with Gasteiger partial charge in [0.25, 0.3) is 0 Å². The van der Waals surface area contributed by atoms with E-state index in [1.165, 1.54) is 0 Å². The smallest absolute Gasteiger partial charge is 0.235 e. The van der Waals surface area contributed by atoms with Gasteiger partial charge in [0.05, 0.1) is 0 Å². The van der Waals surface area contributed by atoms with E-state index >= 15 is 0 Å². The number of hydrogen-bond donors (Lipinski definition) is 1. The van der Waals surface area contributed by atoms with Gasteiger partial charge in [0.1, 0.15) is 5.84 Å². The van der Waals surface area contributed by atoms with E-state index in [0.717, 1.165) is 0 Å². The Balaban J connectivity index is 2.67. The minimum Gasteiger partial charge on any atom is -0.235 e. The number of nitrogens with zero attached hydrogens (tertiary/aromatic N) is 1. The SMILES string of the molecule is CC1=NS(=O)ON1. The Labute approximate surface area is 43.3 Å². The van der Waals surface area contributed by atoms with Gasteiger partial charge >= 0.3 is 11.3 Å². The summed E-state index contributed by atoms with van der Waals surface area (Å²) in [5, 5.41) is 0. The molecule has 0 aromatic rings. The van der Waals surface area contributed by atoms with Crippen molar-refractivity contribution >= 4 is 17.1 Å². The first-order valence-electron chi connectivity index (χ1n) is 1.69. The lowest BCUT2D eigenvalue weighted by Gasteiger charge is -1.83. The van der Waals surface area contributed by atoms with Crippen LogP contribution in [-0.4, -0.2) is 10.0 Å². The lowest BCUT2D eigenvalue weighted by atomic mass is 10.7. The number of nitrogens with one attached hydrogen (secondary N) is 1. The van der Waals surface area contributed by atoms with E-state index in [9.17, 15) is 4.21 Å². The van der Waals surface area contributed by atoms with Gasteiger partial charge in [0, 0.05) is 0 Å². The van der Waals surface area contributed by atoms with Gasteiger partial charge in [-0.3, -0.25) is 0 Å². The van der Waals surface area contributed by atoms with Crippen molar-refractivity contribution in [2.45, 2.75) is 6.92 Å². The first kappa shape index (κ1) is 4.73. The summed E-state index contributed by atoms with van der Waals surface area (Å²) in [6.45, 7) is 1.67. The van der Waals surface area contributed by atoms with Gasteiger partial charge in [-0.1, -0.05) is 0 Å². The van der Waals surface area contributed by atoms with Crippen molar-refractivity contribution in [3.8, 4) is 0 Å². The van der Waals surface area contributed by atoms with E-state index in [2.05, 4.69) is 14.2 Å². The van der Waals surface area contributed by atoms with Crippen LogP contribution in [0.2, 0.25) is 0 Å². The van der Waals surface area contributed by atoms with E-state index in [1.807, 2.05) is 0 Å². The highest BCUT2D eigenvalue weighted by Gasteiger charge is 2.05. The van der Waals surface area contributed by atoms with E-state index in [4.69, 9.17) is 0 Å². The second kappa shape index (κ2) is 1.59. The third kappa shape index (κ3) is 0.971. The van der Waals surface area contributed by atoms with Crippen LogP contribution in [0, 0.1) is 0 Å². The molecule has 40 valence electrons. The Kier molecular flexibility index (Phi) is 1.07. The first-order valence-corrected chi connectivity index (χ1v) is 2.73. The van der Waals surface area contributed by atoms with E-state index in [1.54, 1.807) is 6.92 Å². The zero-order valence-corrected chi connectivity index (χ0v) is 4.49. The van der Waals surface area contributed by atoms with Crippen LogP contribution in [0.1, 0.15) is 6.92 Å². The highest BCUT2D eigenvalue weighted by atomic mass is 32.2. The van der Waals surface area contributed by atoms with E-state index in [-0.39, 0.29) is 0 Å². The van der Waals surface area contributed by atoms with Crippen LogP contribution in [0.25, 0.3) is 0 Å². The second-order valence-electron chi connectivity index (χ2n) is 1.08. The van der Waals surface area contributed by atoms with Gasteiger partial charge in [-0.05, 0) is 6.92 Å². The Morgan fingerprint density at radius 1 is 2.00 bits per heavy atom. The number of rotatable bonds is 0. The maximum atomic E-state index is 10.1. The molecule has 0 amide bonds. The molecule has 0 aromatic carbocycles. The molecule has 0 saturated heterocycles. The molecule has 0 fully saturated rings. The summed E-state index contributed by atoms with van der Waals surface area (Å²) in [6, 6.07) is 0. The van der Waals surface area contributed by atoms with Crippen molar-refractivity contribution in [1.82, 2.24) is 5.48 Å². The third-order valence-corrected chi connectivity index (χ3v) is 1.12. The lowest BCUT2D eigenvalue weighted by molar-refractivity contribution is 0.304. The predicted molar refractivity (Wildman–Crippen MR) is 25.5 cm³/mol. The Morgan fingerprint density at radius 2 is 2.71 bits per heavy atom. The van der Waals surface area contributed by atoms with Crippen LogP contribution < -0.4 is 5.48 Å². The molecule has 1 atom stereocenters. The summed E-state index contributed by atoms with van der Waals surface area (Å²) in [7, 11) is 0. The Hall–Kier alpha value is -0.420. The largest absolute Gasteiger partial charge is 0.309 e. The van der Waals surface area contributed by atoms with Crippen molar-refractivity contribution in [2.24, 2.45) is 4.40 Å². The highest BCUT2D eigenvalue weighted by molar-refractivity contribution is 7.79. The molecule has 0 spiro atoms. The molecule has 1 unspecified atom stereocenters. The molecule has 0 bridgehead atoms. The summed E-state index contributed by atoms with van der Waals surface area (Å²) in [5.41, 5.74) is 2.32. The minimum absolute atomic E-state index is 0.554. The molecule has 0 aromatic heterocycles. The fourth-order valence-electron chi connectivity index (χ4n) is 0.245. The fourth-order valence-corrected chi connectivity index (χ4v) is 0.735. The van der Waals surface area contributed by atoms with E-state index in [0.29, 0.717) is 5.84 Å². The molecule has 1 rings (SSSR count). The third-order valence-electron chi connectivity index (χ3n) is 0.472. The predicted octanol–water partition coefficient (Wildman–Crippen LogP) is -0.482. The fraction of sp³-hybridized carbons (Fsp3) is 0.500. The molecule has 1 N–H and O–H groups in total. The van der Waals surface area contributed by atoms with Crippen molar-refractivity contribution in [1.29, 1.82) is 0 Å². The number of hydroxylamine groups is 1. The van der Waals surface area contributed by atoms with Gasteiger partial charge in [-0.25, -0.2) is 9.69 Å². The van der Waals surface area contributed by atoms with Crippen molar-refractivity contribution < 1.29 is 8.49 Å². The van der Waals surface area contributed by atoms with Crippen LogP contribution in [0.3, 0.4) is 0 Å². The van der Waals surface area contributed by atoms with Crippen LogP contribution in [-0.2, 0) is 15.6 Å². The molecule has 0 saturated carbocycles. The van der Waals surface area contributed by atoms with Gasteiger partial charge in [0.15, 0.2) is 0 Å². The molecule has 4 nitrogen and oxygen atoms in total. The average Bonchev–Trinajstić information content (AvgIpc) is 1.87. The van der Waals surface area contributed by atoms with Gasteiger partial charge in [0.2, 0.25) is 0 Å². The van der Waals surface area contributed by atoms with Crippen LogP contribution in [0.4, 0.5) is 0 Å². The lowest BCUT2D eigenvalue weighted by Crippen LogP contribution is -2.11. The average molecular weight is 120 g/mol. The molecule has 1 aliphatic rings.